The minimum atomic E-state index is -0.791. The summed E-state index contributed by atoms with van der Waals surface area (Å²) in [5.41, 5.74) is 0.976. The molecule has 0 saturated heterocycles. The molecule has 0 spiro atoms. The fourth-order valence-electron chi connectivity index (χ4n) is 4.78. The lowest BCUT2D eigenvalue weighted by molar-refractivity contribution is -0.119. The predicted molar refractivity (Wildman–Crippen MR) is 148 cm³/mol. The summed E-state index contributed by atoms with van der Waals surface area (Å²) in [6.07, 6.45) is 4.42. The Morgan fingerprint density at radius 2 is 1.56 bits per heavy atom. The highest BCUT2D eigenvalue weighted by Gasteiger charge is 2.34. The summed E-state index contributed by atoms with van der Waals surface area (Å²) in [5, 5.41) is 2.62. The second-order valence-electron chi connectivity index (χ2n) is 10.5. The summed E-state index contributed by atoms with van der Waals surface area (Å²) in [7, 11) is 0. The van der Waals surface area contributed by atoms with Crippen LogP contribution in [0.4, 0.5) is 5.69 Å². The van der Waals surface area contributed by atoms with Crippen LogP contribution in [0.15, 0.2) is 48.5 Å². The first-order valence-corrected chi connectivity index (χ1v) is 13.7. The van der Waals surface area contributed by atoms with Gasteiger partial charge in [-0.2, -0.15) is 0 Å². The molecule has 2 aromatic carbocycles. The van der Waals surface area contributed by atoms with Gasteiger partial charge in [0, 0.05) is 5.69 Å². The Morgan fingerprint density at radius 3 is 2.21 bits per heavy atom. The van der Waals surface area contributed by atoms with E-state index in [1.54, 1.807) is 36.4 Å². The van der Waals surface area contributed by atoms with Crippen molar-refractivity contribution < 1.29 is 33.4 Å². The molecule has 0 aromatic heterocycles. The van der Waals surface area contributed by atoms with Crippen molar-refractivity contribution in [1.82, 2.24) is 0 Å². The Labute approximate surface area is 230 Å². The normalized spacial score (nSPS) is 18.7. The third-order valence-corrected chi connectivity index (χ3v) is 7.06. The molecule has 1 aliphatic rings. The minimum Gasteiger partial charge on any atom is -0.462 e. The maximum absolute atomic E-state index is 13.1. The van der Waals surface area contributed by atoms with Crippen molar-refractivity contribution in [2.75, 3.05) is 18.5 Å². The van der Waals surface area contributed by atoms with Gasteiger partial charge in [-0.15, -0.1) is 0 Å². The monoisotopic (exact) mass is 537 g/mol. The van der Waals surface area contributed by atoms with E-state index in [9.17, 15) is 19.2 Å². The summed E-state index contributed by atoms with van der Waals surface area (Å²) in [4.78, 5) is 50.3. The van der Waals surface area contributed by atoms with Gasteiger partial charge in [0.1, 0.15) is 6.10 Å². The van der Waals surface area contributed by atoms with Crippen molar-refractivity contribution in [2.24, 2.45) is 17.8 Å². The number of nitrogens with one attached hydrogen (secondary N) is 1. The molecule has 0 aliphatic heterocycles. The maximum atomic E-state index is 13.1. The lowest BCUT2D eigenvalue weighted by Crippen LogP contribution is -2.36. The van der Waals surface area contributed by atoms with Crippen LogP contribution in [0, 0.1) is 17.8 Å². The molecule has 0 bridgehead atoms. The van der Waals surface area contributed by atoms with Gasteiger partial charge in [0.25, 0.3) is 5.91 Å². The molecule has 210 valence electrons. The molecule has 1 aliphatic carbocycles. The van der Waals surface area contributed by atoms with Crippen molar-refractivity contribution in [3.63, 3.8) is 0 Å². The van der Waals surface area contributed by atoms with Gasteiger partial charge >= 0.3 is 17.9 Å². The topological polar surface area (TPSA) is 108 Å². The molecule has 0 unspecified atom stereocenters. The number of hydrogen-bond donors (Lipinski definition) is 1. The number of carbonyl (C=O) groups is 4. The molecule has 0 radical (unpaired) electrons. The van der Waals surface area contributed by atoms with Gasteiger partial charge in [-0.1, -0.05) is 52.7 Å². The van der Waals surface area contributed by atoms with E-state index in [-0.39, 0.29) is 23.1 Å². The summed E-state index contributed by atoms with van der Waals surface area (Å²) in [5.74, 6) is -1.22. The molecule has 1 saturated carbocycles. The Morgan fingerprint density at radius 1 is 0.897 bits per heavy atom. The van der Waals surface area contributed by atoms with Crippen LogP contribution in [0.5, 0.6) is 0 Å². The number of amides is 1. The number of esters is 3. The van der Waals surface area contributed by atoms with Crippen LogP contribution in [0.2, 0.25) is 0 Å². The highest BCUT2D eigenvalue weighted by atomic mass is 16.5. The second-order valence-corrected chi connectivity index (χ2v) is 10.5. The fraction of sp³-hybridized carbons (Fsp3) is 0.484. The standard InChI is InChI=1S/C31H39NO7/c1-5-6-17-37-29(34)22-12-14-23(15-13-22)32-28(33)19-38-30(35)25-9-7-8-10-26(25)31(36)39-27-18-21(4)11-16-24(27)20(2)3/h7-10,12-15,20-21,24,27H,5-6,11,16-19H2,1-4H3,(H,32,33)/t21-,24+,27+/m0/s1. The molecule has 39 heavy (non-hydrogen) atoms. The van der Waals surface area contributed by atoms with E-state index in [2.05, 4.69) is 26.1 Å². The maximum Gasteiger partial charge on any atom is 0.339 e. The van der Waals surface area contributed by atoms with Crippen molar-refractivity contribution in [1.29, 1.82) is 0 Å². The quantitative estimate of drug-likeness (QED) is 0.211. The van der Waals surface area contributed by atoms with E-state index in [0.717, 1.165) is 32.1 Å². The number of anilines is 1. The molecule has 1 amide bonds. The van der Waals surface area contributed by atoms with E-state index in [0.29, 0.717) is 29.7 Å². The van der Waals surface area contributed by atoms with Gasteiger partial charge in [0.15, 0.2) is 6.61 Å². The van der Waals surface area contributed by atoms with Gasteiger partial charge in [-0.3, -0.25) is 4.79 Å². The van der Waals surface area contributed by atoms with Crippen molar-refractivity contribution in [3.05, 3.63) is 65.2 Å². The molecule has 8 nitrogen and oxygen atoms in total. The van der Waals surface area contributed by atoms with Gasteiger partial charge in [0.2, 0.25) is 0 Å². The molecule has 0 heterocycles. The number of rotatable bonds is 11. The van der Waals surface area contributed by atoms with Gasteiger partial charge < -0.3 is 19.5 Å². The summed E-state index contributed by atoms with van der Waals surface area (Å²) >= 11 is 0. The summed E-state index contributed by atoms with van der Waals surface area (Å²) < 4.78 is 16.3. The second kappa shape index (κ2) is 14.5. The number of carbonyl (C=O) groups excluding carboxylic acids is 4. The van der Waals surface area contributed by atoms with Gasteiger partial charge in [0.05, 0.1) is 23.3 Å². The third kappa shape index (κ3) is 8.67. The smallest absolute Gasteiger partial charge is 0.339 e. The minimum absolute atomic E-state index is 0.0474. The van der Waals surface area contributed by atoms with Crippen molar-refractivity contribution in [2.45, 2.75) is 65.9 Å². The van der Waals surface area contributed by atoms with Crippen LogP contribution in [-0.4, -0.2) is 43.1 Å². The molecule has 3 atom stereocenters. The number of benzene rings is 2. The molecule has 1 N–H and O–H groups in total. The Balaban J connectivity index is 1.56. The first-order chi connectivity index (χ1) is 18.7. The average Bonchev–Trinajstić information content (AvgIpc) is 2.92. The molecule has 1 fully saturated rings. The van der Waals surface area contributed by atoms with Crippen LogP contribution in [-0.2, 0) is 19.0 Å². The molecule has 2 aromatic rings. The Hall–Kier alpha value is -3.68. The summed E-state index contributed by atoms with van der Waals surface area (Å²) in [6.45, 7) is 8.25. The lowest BCUT2D eigenvalue weighted by atomic mass is 9.75. The van der Waals surface area contributed by atoms with Crippen LogP contribution >= 0.6 is 0 Å². The van der Waals surface area contributed by atoms with Crippen molar-refractivity contribution >= 4 is 29.5 Å². The van der Waals surface area contributed by atoms with Gasteiger partial charge in [-0.25, -0.2) is 14.4 Å². The van der Waals surface area contributed by atoms with Crippen molar-refractivity contribution in [3.8, 4) is 0 Å². The number of hydrogen-bond acceptors (Lipinski definition) is 7. The fourth-order valence-corrected chi connectivity index (χ4v) is 4.78. The number of unbranched alkanes of at least 4 members (excludes halogenated alkanes) is 1. The third-order valence-electron chi connectivity index (χ3n) is 7.06. The highest BCUT2D eigenvalue weighted by molar-refractivity contribution is 6.04. The van der Waals surface area contributed by atoms with Crippen LogP contribution in [0.25, 0.3) is 0 Å². The van der Waals surface area contributed by atoms with Gasteiger partial charge in [-0.05, 0) is 73.4 Å². The lowest BCUT2D eigenvalue weighted by Gasteiger charge is -2.36. The van der Waals surface area contributed by atoms with E-state index in [4.69, 9.17) is 14.2 Å². The highest BCUT2D eigenvalue weighted by Crippen LogP contribution is 2.36. The summed E-state index contributed by atoms with van der Waals surface area (Å²) in [6, 6.07) is 12.5. The Bertz CT molecular complexity index is 1140. The first-order valence-electron chi connectivity index (χ1n) is 13.7. The van der Waals surface area contributed by atoms with Crippen LogP contribution < -0.4 is 5.32 Å². The zero-order valence-corrected chi connectivity index (χ0v) is 23.2. The molecule has 8 heteroatoms. The SMILES string of the molecule is CCCCOC(=O)c1ccc(NC(=O)COC(=O)c2ccccc2C(=O)O[C@@H]2C[C@@H](C)CC[C@@H]2C(C)C)cc1. The largest absolute Gasteiger partial charge is 0.462 e. The first kappa shape index (κ1) is 29.9. The van der Waals surface area contributed by atoms with E-state index in [1.165, 1.54) is 12.1 Å². The molecular formula is C31H39NO7. The van der Waals surface area contributed by atoms with E-state index >= 15 is 0 Å². The Kier molecular flexibility index (Phi) is 11.1. The van der Waals surface area contributed by atoms with E-state index in [1.807, 2.05) is 6.92 Å². The zero-order valence-electron chi connectivity index (χ0n) is 23.2. The molecule has 3 rings (SSSR count). The van der Waals surface area contributed by atoms with Crippen LogP contribution in [0.3, 0.4) is 0 Å². The predicted octanol–water partition coefficient (Wildman–Crippen LogP) is 6.06. The van der Waals surface area contributed by atoms with Crippen LogP contribution in [0.1, 0.15) is 90.9 Å². The van der Waals surface area contributed by atoms with E-state index < -0.39 is 30.4 Å². The molecular weight excluding hydrogens is 498 g/mol. The average molecular weight is 538 g/mol. The zero-order chi connectivity index (χ0) is 28.4. The number of ether oxygens (including phenoxy) is 3.